The van der Waals surface area contributed by atoms with Crippen molar-refractivity contribution in [2.24, 2.45) is 9.98 Å². The molecular weight excluding hydrogens is 741 g/mol. The number of nitrogens with one attached hydrogen (secondary N) is 3. The van der Waals surface area contributed by atoms with Gasteiger partial charge in [-0.3, -0.25) is 4.99 Å². The van der Waals surface area contributed by atoms with Crippen LogP contribution in [0.4, 0.5) is 11.6 Å². The number of hydrogen-bond acceptors (Lipinski definition) is 10. The number of carbonyl (C=O) groups is 2. The molecule has 0 saturated heterocycles. The molecule has 12 nitrogen and oxygen atoms in total. The third-order valence-electron chi connectivity index (χ3n) is 10.8. The number of hydrogen-bond donors (Lipinski definition) is 3. The Morgan fingerprint density at radius 1 is 0.763 bits per heavy atom. The number of anilines is 1. The van der Waals surface area contributed by atoms with Crippen LogP contribution in [0.5, 0.6) is 0 Å². The van der Waals surface area contributed by atoms with Gasteiger partial charge < -0.3 is 29.7 Å². The van der Waals surface area contributed by atoms with E-state index in [1.807, 2.05) is 48.5 Å². The third kappa shape index (κ3) is 8.92. The molecule has 0 amide bonds. The normalized spacial score (nSPS) is 13.5. The van der Waals surface area contributed by atoms with Crippen molar-refractivity contribution in [3.8, 4) is 0 Å². The van der Waals surface area contributed by atoms with E-state index in [-0.39, 0.29) is 11.9 Å². The zero-order valence-electron chi connectivity index (χ0n) is 33.7. The molecule has 0 fully saturated rings. The number of carbonyl (C=O) groups excluding carboxylic acids is 2. The van der Waals surface area contributed by atoms with E-state index in [0.29, 0.717) is 29.9 Å². The van der Waals surface area contributed by atoms with Crippen LogP contribution in [0.3, 0.4) is 0 Å². The smallest absolute Gasteiger partial charge is 0.337 e. The number of esters is 2. The lowest BCUT2D eigenvalue weighted by Crippen LogP contribution is -2.23. The van der Waals surface area contributed by atoms with Crippen LogP contribution in [0.1, 0.15) is 68.9 Å². The summed E-state index contributed by atoms with van der Waals surface area (Å²) in [5.74, 6) is 1.52. The fourth-order valence-corrected chi connectivity index (χ4v) is 7.82. The number of aliphatic imine (C=N–C) groups is 2. The van der Waals surface area contributed by atoms with Crippen molar-refractivity contribution in [2.45, 2.75) is 38.5 Å². The van der Waals surface area contributed by atoms with Gasteiger partial charge in [0.05, 0.1) is 30.7 Å². The molecular formula is C47H48N8O4. The van der Waals surface area contributed by atoms with Gasteiger partial charge in [0.1, 0.15) is 23.1 Å². The summed E-state index contributed by atoms with van der Waals surface area (Å²) >= 11 is 0. The molecule has 3 aromatic heterocycles. The van der Waals surface area contributed by atoms with Crippen LogP contribution in [0.25, 0.3) is 32.8 Å². The molecule has 0 spiro atoms. The highest BCUT2D eigenvalue weighted by Crippen LogP contribution is 2.34. The number of fused-ring (bicyclic) bond motifs is 6. The second-order valence-corrected chi connectivity index (χ2v) is 15.0. The molecule has 0 atom stereocenters. The monoisotopic (exact) mass is 788 g/mol. The van der Waals surface area contributed by atoms with Crippen LogP contribution in [0, 0.1) is 0 Å². The van der Waals surface area contributed by atoms with Crippen molar-refractivity contribution in [1.82, 2.24) is 24.8 Å². The molecule has 59 heavy (non-hydrogen) atoms. The summed E-state index contributed by atoms with van der Waals surface area (Å²) in [5.41, 5.74) is 8.85. The third-order valence-corrected chi connectivity index (χ3v) is 10.8. The Bertz CT molecular complexity index is 2680. The largest absolute Gasteiger partial charge is 0.465 e. The summed E-state index contributed by atoms with van der Waals surface area (Å²) in [4.78, 5) is 54.0. The van der Waals surface area contributed by atoms with Crippen LogP contribution >= 0.6 is 0 Å². The minimum absolute atomic E-state index is 0.371. The van der Waals surface area contributed by atoms with Gasteiger partial charge in [-0.05, 0) is 81.2 Å². The van der Waals surface area contributed by atoms with Gasteiger partial charge in [-0.2, -0.15) is 0 Å². The number of benzene rings is 4. The Balaban J connectivity index is 0.921. The Hall–Kier alpha value is -6.66. The number of nitrogens with zero attached hydrogens (tertiary/aromatic N) is 5. The van der Waals surface area contributed by atoms with E-state index in [0.717, 1.165) is 119 Å². The first-order valence-corrected chi connectivity index (χ1v) is 20.1. The van der Waals surface area contributed by atoms with Gasteiger partial charge in [0.15, 0.2) is 0 Å². The zero-order valence-corrected chi connectivity index (χ0v) is 33.7. The molecule has 12 heteroatoms. The summed E-state index contributed by atoms with van der Waals surface area (Å²) in [6.45, 7) is 3.22. The second-order valence-electron chi connectivity index (χ2n) is 15.0. The van der Waals surface area contributed by atoms with Crippen LogP contribution in [0.2, 0.25) is 0 Å². The first-order valence-electron chi connectivity index (χ1n) is 20.1. The van der Waals surface area contributed by atoms with E-state index in [1.54, 1.807) is 12.1 Å². The second kappa shape index (κ2) is 17.9. The van der Waals surface area contributed by atoms with Crippen molar-refractivity contribution in [2.75, 3.05) is 52.8 Å². The van der Waals surface area contributed by atoms with Gasteiger partial charge >= 0.3 is 11.9 Å². The van der Waals surface area contributed by atoms with Gasteiger partial charge in [0, 0.05) is 64.7 Å². The fraction of sp³-hybridized carbons (Fsp3) is 0.277. The quantitative estimate of drug-likeness (QED) is 0.0692. The maximum Gasteiger partial charge on any atom is 0.337 e. The van der Waals surface area contributed by atoms with Crippen molar-refractivity contribution in [1.29, 1.82) is 0 Å². The van der Waals surface area contributed by atoms with Gasteiger partial charge in [0.2, 0.25) is 0 Å². The first kappa shape index (κ1) is 39.2. The number of H-pyrrole nitrogens is 2. The Morgan fingerprint density at radius 2 is 1.41 bits per heavy atom. The van der Waals surface area contributed by atoms with E-state index in [1.165, 1.54) is 19.8 Å². The van der Waals surface area contributed by atoms with E-state index >= 15 is 0 Å². The maximum atomic E-state index is 12.3. The van der Waals surface area contributed by atoms with Crippen LogP contribution in [-0.4, -0.2) is 95.6 Å². The molecule has 300 valence electrons. The number of aromatic amines is 2. The van der Waals surface area contributed by atoms with Crippen LogP contribution < -0.4 is 5.32 Å². The molecule has 7 aromatic rings. The Morgan fingerprint density at radius 3 is 2.10 bits per heavy atom. The first-order chi connectivity index (χ1) is 28.9. The van der Waals surface area contributed by atoms with Crippen molar-refractivity contribution in [3.05, 3.63) is 131 Å². The molecule has 1 aliphatic rings. The lowest BCUT2D eigenvalue weighted by molar-refractivity contribution is 0.0592. The molecule has 0 saturated carbocycles. The molecule has 3 N–H and O–H groups in total. The number of ether oxygens (including phenoxy) is 2. The molecule has 4 heterocycles. The van der Waals surface area contributed by atoms with Crippen molar-refractivity contribution in [3.63, 3.8) is 0 Å². The SMILES string of the molecule is COC(=O)c1ccc2c3c([nH]c2c1)N=C(Cc1ccccc1)CCC3=NCCCN(C)CCCNc1nc(Cc2ccccc2)nc2[nH]c3cc(C(=O)OC)ccc3c12. The number of aromatic nitrogens is 4. The average Bonchev–Trinajstić information content (AvgIpc) is 3.76. The predicted octanol–water partition coefficient (Wildman–Crippen LogP) is 8.48. The summed E-state index contributed by atoms with van der Waals surface area (Å²) in [5, 5.41) is 6.47. The van der Waals surface area contributed by atoms with Gasteiger partial charge in [-0.25, -0.2) is 24.5 Å². The maximum absolute atomic E-state index is 12.3. The van der Waals surface area contributed by atoms with Gasteiger partial charge in [-0.15, -0.1) is 0 Å². The summed E-state index contributed by atoms with van der Waals surface area (Å²) in [6, 6.07) is 31.7. The van der Waals surface area contributed by atoms with Gasteiger partial charge in [-0.1, -0.05) is 72.8 Å². The highest BCUT2D eigenvalue weighted by atomic mass is 16.5. The van der Waals surface area contributed by atoms with E-state index < -0.39 is 0 Å². The van der Waals surface area contributed by atoms with E-state index in [9.17, 15) is 9.59 Å². The molecule has 4 aromatic carbocycles. The molecule has 0 aliphatic carbocycles. The Labute approximate surface area is 342 Å². The lowest BCUT2D eigenvalue weighted by atomic mass is 10.0. The summed E-state index contributed by atoms with van der Waals surface area (Å²) < 4.78 is 9.93. The van der Waals surface area contributed by atoms with Crippen molar-refractivity contribution >= 4 is 67.8 Å². The number of rotatable bonds is 15. The standard InChI is InChI=1S/C47H48N8O4/c1-55(25-11-23-49-43-42-36-20-17-33(47(57)59-3)29-39(36)52-45(42)54-40(53-43)27-31-14-8-5-9-15-31)24-10-22-48-37-21-18-34(26-30-12-6-4-7-13-30)50-44-41(37)35-19-16-32(46(56)58-2)28-38(35)51-44/h4-9,12-17,19-20,28-29,51H,10-11,18,21-27H2,1-3H3,(H2,49,52,53,54). The number of methoxy groups -OCH3 is 2. The highest BCUT2D eigenvalue weighted by Gasteiger charge is 2.23. The summed E-state index contributed by atoms with van der Waals surface area (Å²) in [6.07, 6.45) is 4.80. The zero-order chi connectivity index (χ0) is 40.7. The fourth-order valence-electron chi connectivity index (χ4n) is 7.82. The minimum Gasteiger partial charge on any atom is -0.465 e. The lowest BCUT2D eigenvalue weighted by Gasteiger charge is -2.16. The van der Waals surface area contributed by atoms with Crippen molar-refractivity contribution < 1.29 is 19.1 Å². The predicted molar refractivity (Wildman–Crippen MR) is 235 cm³/mol. The minimum atomic E-state index is -0.386. The molecule has 0 unspecified atom stereocenters. The molecule has 8 rings (SSSR count). The van der Waals surface area contributed by atoms with Gasteiger partial charge in [0.25, 0.3) is 0 Å². The molecule has 1 aliphatic heterocycles. The average molecular weight is 789 g/mol. The van der Waals surface area contributed by atoms with E-state index in [2.05, 4.69) is 63.6 Å². The summed E-state index contributed by atoms with van der Waals surface area (Å²) in [7, 11) is 4.93. The Kier molecular flexibility index (Phi) is 11.9. The van der Waals surface area contributed by atoms with E-state index in [4.69, 9.17) is 29.4 Å². The molecule has 0 radical (unpaired) electrons. The highest BCUT2D eigenvalue weighted by molar-refractivity contribution is 6.18. The van der Waals surface area contributed by atoms with Crippen LogP contribution in [-0.2, 0) is 22.3 Å². The molecule has 0 bridgehead atoms. The van der Waals surface area contributed by atoms with Crippen LogP contribution in [0.15, 0.2) is 107 Å². The topological polar surface area (TPSA) is 150 Å².